The zero-order valence-corrected chi connectivity index (χ0v) is 14.4. The number of carbonyl (C=O) groups is 1. The van der Waals surface area contributed by atoms with Gasteiger partial charge in [-0.05, 0) is 19.3 Å². The number of ether oxygens (including phenoxy) is 1. The number of hydrogen-bond donors (Lipinski definition) is 1. The molecule has 0 bridgehead atoms. The van der Waals surface area contributed by atoms with Gasteiger partial charge in [-0.15, -0.1) is 0 Å². The Labute approximate surface area is 137 Å². The summed E-state index contributed by atoms with van der Waals surface area (Å²) in [7, 11) is 0. The molecular weight excluding hydrogens is 433 g/mol. The fraction of sp³-hybridized carbons (Fsp3) is 0.917. The molecule has 0 spiro atoms. The highest BCUT2D eigenvalue weighted by atomic mass is 127. The minimum Gasteiger partial charge on any atom is -0.457 e. The highest BCUT2D eigenvalue weighted by Crippen LogP contribution is 2.48. The summed E-state index contributed by atoms with van der Waals surface area (Å²) in [5.41, 5.74) is -5.13. The van der Waals surface area contributed by atoms with Crippen molar-refractivity contribution in [2.45, 2.75) is 61.6 Å². The number of alkyl halides is 7. The van der Waals surface area contributed by atoms with Crippen molar-refractivity contribution in [3.63, 3.8) is 0 Å². The monoisotopic (exact) mass is 450 g/mol. The van der Waals surface area contributed by atoms with Gasteiger partial charge in [-0.1, -0.05) is 43.4 Å². The van der Waals surface area contributed by atoms with E-state index in [2.05, 4.69) is 4.74 Å². The average molecular weight is 450 g/mol. The van der Waals surface area contributed by atoms with Crippen LogP contribution in [0.5, 0.6) is 0 Å². The molecule has 0 aromatic rings. The molecule has 0 rings (SSSR count). The van der Waals surface area contributed by atoms with Crippen molar-refractivity contribution in [2.24, 2.45) is 5.92 Å². The normalized spacial score (nSPS) is 18.0. The first-order chi connectivity index (χ1) is 9.52. The van der Waals surface area contributed by atoms with E-state index in [4.69, 9.17) is 0 Å². The summed E-state index contributed by atoms with van der Waals surface area (Å²) in [6, 6.07) is 0. The number of halogens is 7. The van der Waals surface area contributed by atoms with E-state index in [1.54, 1.807) is 22.6 Å². The molecule has 2 unspecified atom stereocenters. The lowest BCUT2D eigenvalue weighted by Crippen LogP contribution is -2.67. The average Bonchev–Trinajstić information content (AvgIpc) is 2.31. The summed E-state index contributed by atoms with van der Waals surface area (Å²) in [4.78, 5) is 11.8. The summed E-state index contributed by atoms with van der Waals surface area (Å²) in [6.45, 7) is 4.83. The minimum atomic E-state index is -6.05. The molecule has 0 aromatic heterocycles. The summed E-state index contributed by atoms with van der Waals surface area (Å²) >= 11 is 1.57. The third-order valence-corrected chi connectivity index (χ3v) is 4.41. The van der Waals surface area contributed by atoms with Crippen molar-refractivity contribution in [3.05, 3.63) is 0 Å². The van der Waals surface area contributed by atoms with E-state index >= 15 is 0 Å². The second kappa shape index (κ2) is 6.70. The van der Waals surface area contributed by atoms with Crippen molar-refractivity contribution < 1.29 is 41.0 Å². The molecule has 1 N–H and O–H groups in total. The molecule has 0 radical (unpaired) electrons. The molecule has 22 heavy (non-hydrogen) atoms. The van der Waals surface area contributed by atoms with Gasteiger partial charge >= 0.3 is 18.3 Å². The van der Waals surface area contributed by atoms with Crippen LogP contribution in [0.3, 0.4) is 0 Å². The zero-order chi connectivity index (χ0) is 18.1. The van der Waals surface area contributed by atoms with E-state index in [1.165, 1.54) is 13.8 Å². The Bertz CT molecular complexity index is 389. The minimum absolute atomic E-state index is 0.133. The van der Waals surface area contributed by atoms with E-state index < -0.39 is 39.4 Å². The molecule has 0 aliphatic heterocycles. The van der Waals surface area contributed by atoms with Gasteiger partial charge in [0.05, 0.1) is 0 Å². The van der Waals surface area contributed by atoms with Gasteiger partial charge in [0.15, 0.2) is 6.10 Å². The maximum Gasteiger partial charge on any atom is 0.430 e. The summed E-state index contributed by atoms with van der Waals surface area (Å²) in [6.07, 6.45) is -14.8. The lowest BCUT2D eigenvalue weighted by Gasteiger charge is -2.40. The van der Waals surface area contributed by atoms with Gasteiger partial charge in [-0.2, -0.15) is 26.3 Å². The fourth-order valence-electron chi connectivity index (χ4n) is 1.57. The van der Waals surface area contributed by atoms with Crippen LogP contribution in [-0.2, 0) is 9.53 Å². The van der Waals surface area contributed by atoms with Gasteiger partial charge < -0.3 is 9.84 Å². The van der Waals surface area contributed by atoms with Crippen LogP contribution in [0.2, 0.25) is 0 Å². The standard InChI is InChI=1S/C12H17F6IO3/c1-5-9(4,19)8(20)22-7(6(2)3)10(21,11(13,14)15)12(16,17)18/h6-7,21H,5H2,1-4H3. The Morgan fingerprint density at radius 1 is 1.14 bits per heavy atom. The topological polar surface area (TPSA) is 46.5 Å². The number of esters is 1. The molecule has 3 nitrogen and oxygen atoms in total. The van der Waals surface area contributed by atoms with Crippen LogP contribution < -0.4 is 0 Å². The maximum absolute atomic E-state index is 12.9. The Hall–Kier alpha value is -0.260. The van der Waals surface area contributed by atoms with Crippen LogP contribution in [0.15, 0.2) is 0 Å². The molecular formula is C12H17F6IO3. The quantitative estimate of drug-likeness (QED) is 0.298. The smallest absolute Gasteiger partial charge is 0.430 e. The third kappa shape index (κ3) is 4.18. The Morgan fingerprint density at radius 3 is 1.73 bits per heavy atom. The molecule has 0 aromatic carbocycles. The van der Waals surface area contributed by atoms with Crippen LogP contribution in [0, 0.1) is 5.92 Å². The summed E-state index contributed by atoms with van der Waals surface area (Å²) in [5, 5.41) is 9.37. The van der Waals surface area contributed by atoms with Gasteiger partial charge in [0.1, 0.15) is 3.42 Å². The Morgan fingerprint density at radius 2 is 1.50 bits per heavy atom. The molecule has 0 saturated carbocycles. The highest BCUT2D eigenvalue weighted by Gasteiger charge is 2.76. The molecule has 0 saturated heterocycles. The van der Waals surface area contributed by atoms with Crippen LogP contribution >= 0.6 is 22.6 Å². The molecule has 0 fully saturated rings. The zero-order valence-electron chi connectivity index (χ0n) is 12.3. The van der Waals surface area contributed by atoms with Crippen molar-refractivity contribution in [2.75, 3.05) is 0 Å². The number of hydrogen-bond acceptors (Lipinski definition) is 3. The van der Waals surface area contributed by atoms with Crippen LogP contribution in [0.1, 0.15) is 34.1 Å². The predicted molar refractivity (Wildman–Crippen MR) is 74.5 cm³/mol. The Kier molecular flexibility index (Phi) is 6.62. The lowest BCUT2D eigenvalue weighted by atomic mass is 9.87. The highest BCUT2D eigenvalue weighted by molar-refractivity contribution is 14.1. The number of rotatable bonds is 5. The van der Waals surface area contributed by atoms with E-state index in [9.17, 15) is 36.2 Å². The van der Waals surface area contributed by atoms with Crippen molar-refractivity contribution >= 4 is 28.6 Å². The van der Waals surface area contributed by atoms with E-state index in [0.717, 1.165) is 13.8 Å². The first-order valence-electron chi connectivity index (χ1n) is 6.28. The van der Waals surface area contributed by atoms with Gasteiger partial charge in [0.2, 0.25) is 0 Å². The van der Waals surface area contributed by atoms with Crippen LogP contribution in [0.4, 0.5) is 26.3 Å². The molecule has 10 heteroatoms. The van der Waals surface area contributed by atoms with E-state index in [0.29, 0.717) is 0 Å². The van der Waals surface area contributed by atoms with Crippen molar-refractivity contribution in [1.82, 2.24) is 0 Å². The van der Waals surface area contributed by atoms with Crippen LogP contribution in [-0.4, -0.2) is 38.6 Å². The SMILES string of the molecule is CCC(C)(I)C(=O)OC(C(C)C)C(O)(C(F)(F)F)C(F)(F)F. The second-order valence-corrected chi connectivity index (χ2v) is 7.76. The van der Waals surface area contributed by atoms with E-state index in [1.807, 2.05) is 0 Å². The molecule has 0 aliphatic carbocycles. The first kappa shape index (κ1) is 21.7. The summed E-state index contributed by atoms with van der Waals surface area (Å²) < 4.78 is 80.4. The molecule has 132 valence electrons. The second-order valence-electron chi connectivity index (χ2n) is 5.38. The fourth-order valence-corrected chi connectivity index (χ4v) is 1.70. The largest absolute Gasteiger partial charge is 0.457 e. The molecule has 2 atom stereocenters. The number of aliphatic hydroxyl groups is 1. The van der Waals surface area contributed by atoms with Crippen molar-refractivity contribution in [3.8, 4) is 0 Å². The van der Waals surface area contributed by atoms with Gasteiger partial charge in [0.25, 0.3) is 5.60 Å². The van der Waals surface area contributed by atoms with Crippen molar-refractivity contribution in [1.29, 1.82) is 0 Å². The third-order valence-electron chi connectivity index (χ3n) is 3.21. The van der Waals surface area contributed by atoms with Gasteiger partial charge in [-0.25, -0.2) is 0 Å². The molecule has 0 amide bonds. The molecule has 0 aliphatic rings. The Balaban J connectivity index is 5.88. The summed E-state index contributed by atoms with van der Waals surface area (Å²) in [5.74, 6) is -2.66. The first-order valence-corrected chi connectivity index (χ1v) is 7.36. The van der Waals surface area contributed by atoms with Gasteiger partial charge in [0, 0.05) is 0 Å². The lowest BCUT2D eigenvalue weighted by molar-refractivity contribution is -0.395. The van der Waals surface area contributed by atoms with Crippen LogP contribution in [0.25, 0.3) is 0 Å². The maximum atomic E-state index is 12.9. The number of carbonyl (C=O) groups excluding carboxylic acids is 1. The predicted octanol–water partition coefficient (Wildman–Crippen LogP) is 4.01. The molecule has 0 heterocycles. The van der Waals surface area contributed by atoms with E-state index in [-0.39, 0.29) is 6.42 Å². The van der Waals surface area contributed by atoms with Gasteiger partial charge in [-0.3, -0.25) is 4.79 Å².